The van der Waals surface area contributed by atoms with Gasteiger partial charge in [0.2, 0.25) is 5.91 Å². The molecule has 1 aliphatic rings. The van der Waals surface area contributed by atoms with Gasteiger partial charge in [-0.1, -0.05) is 0 Å². The molecule has 1 aliphatic heterocycles. The van der Waals surface area contributed by atoms with Crippen LogP contribution in [-0.2, 0) is 16.0 Å². The zero-order valence-corrected chi connectivity index (χ0v) is 16.9. The molecule has 30 heavy (non-hydrogen) atoms. The minimum Gasteiger partial charge on any atom is -0.380 e. The fraction of sp³-hybridized carbons (Fsp3) is 0.421. The van der Waals surface area contributed by atoms with E-state index >= 15 is 0 Å². The number of rotatable bonds is 4. The smallest absolute Gasteiger partial charge is 0.252 e. The number of nitrogens with zero attached hydrogens (tertiary/aromatic N) is 9. The number of methoxy groups -OCH3 is 1. The quantitative estimate of drug-likeness (QED) is 0.486. The number of likely N-dealkylation sites (tertiary alicyclic amines) is 1. The lowest BCUT2D eigenvalue weighted by atomic mass is 10.2. The highest BCUT2D eigenvalue weighted by Gasteiger charge is 2.39. The maximum absolute atomic E-state index is 13.2. The lowest BCUT2D eigenvalue weighted by molar-refractivity contribution is -0.132. The summed E-state index contributed by atoms with van der Waals surface area (Å²) in [6.07, 6.45) is 5.76. The fourth-order valence-corrected chi connectivity index (χ4v) is 4.01. The summed E-state index contributed by atoms with van der Waals surface area (Å²) in [5, 5.41) is 13.0. The summed E-state index contributed by atoms with van der Waals surface area (Å²) in [7, 11) is 1.65. The molecular formula is C19H21N9O2. The highest BCUT2D eigenvalue weighted by Crippen LogP contribution is 2.33. The highest BCUT2D eigenvalue weighted by molar-refractivity contribution is 5.79. The van der Waals surface area contributed by atoms with Crippen molar-refractivity contribution < 1.29 is 9.53 Å². The zero-order chi connectivity index (χ0) is 20.8. The third kappa shape index (κ3) is 3.07. The van der Waals surface area contributed by atoms with E-state index in [4.69, 9.17) is 4.74 Å². The second kappa shape index (κ2) is 7.10. The lowest BCUT2D eigenvalue weighted by Crippen LogP contribution is -2.34. The Bertz CT molecular complexity index is 1250. The average molecular weight is 407 g/mol. The van der Waals surface area contributed by atoms with Gasteiger partial charge in [0.15, 0.2) is 17.3 Å². The third-order valence-corrected chi connectivity index (χ3v) is 5.43. The van der Waals surface area contributed by atoms with Gasteiger partial charge in [0.1, 0.15) is 0 Å². The second-order valence-corrected chi connectivity index (χ2v) is 7.47. The molecular weight excluding hydrogens is 386 g/mol. The van der Waals surface area contributed by atoms with Gasteiger partial charge in [0, 0.05) is 43.9 Å². The van der Waals surface area contributed by atoms with Crippen LogP contribution in [-0.4, -0.2) is 69.7 Å². The molecule has 0 unspecified atom stereocenters. The van der Waals surface area contributed by atoms with Gasteiger partial charge >= 0.3 is 0 Å². The molecule has 0 aliphatic carbocycles. The number of carbonyl (C=O) groups excluding carboxylic acids is 1. The molecule has 0 spiro atoms. The summed E-state index contributed by atoms with van der Waals surface area (Å²) < 4.78 is 9.07. The number of carbonyl (C=O) groups is 1. The predicted molar refractivity (Wildman–Crippen MR) is 105 cm³/mol. The van der Waals surface area contributed by atoms with Crippen LogP contribution in [0.2, 0.25) is 0 Å². The highest BCUT2D eigenvalue weighted by atomic mass is 16.5. The van der Waals surface area contributed by atoms with Crippen molar-refractivity contribution in [3.05, 3.63) is 47.7 Å². The van der Waals surface area contributed by atoms with E-state index in [9.17, 15) is 4.79 Å². The average Bonchev–Trinajstić information content (AvgIpc) is 3.43. The summed E-state index contributed by atoms with van der Waals surface area (Å²) in [4.78, 5) is 27.9. The molecule has 4 aromatic heterocycles. The van der Waals surface area contributed by atoms with Gasteiger partial charge in [-0.2, -0.15) is 4.98 Å². The minimum absolute atomic E-state index is 0.0753. The summed E-state index contributed by atoms with van der Waals surface area (Å²) >= 11 is 0. The molecule has 1 amide bonds. The molecule has 2 atom stereocenters. The SMILES string of the molecule is CO[C@@H]1C[C@@H](c2nnc3cnccn23)N(C(=O)Cc2nc3nc(C)cc(C)n3n2)C1. The van der Waals surface area contributed by atoms with Gasteiger partial charge in [0.25, 0.3) is 5.78 Å². The molecule has 1 saturated heterocycles. The van der Waals surface area contributed by atoms with Crippen LogP contribution >= 0.6 is 0 Å². The molecule has 0 bridgehead atoms. The summed E-state index contributed by atoms with van der Waals surface area (Å²) in [5.41, 5.74) is 2.42. The summed E-state index contributed by atoms with van der Waals surface area (Å²) in [6.45, 7) is 4.32. The first-order chi connectivity index (χ1) is 14.5. The molecule has 0 saturated carbocycles. The molecule has 0 N–H and O–H groups in total. The van der Waals surface area contributed by atoms with E-state index in [1.807, 2.05) is 24.3 Å². The van der Waals surface area contributed by atoms with Crippen LogP contribution in [0.1, 0.15) is 35.5 Å². The molecule has 0 aromatic carbocycles. The molecule has 4 aromatic rings. The first kappa shape index (κ1) is 18.6. The zero-order valence-electron chi connectivity index (χ0n) is 16.9. The number of hydrogen-bond acceptors (Lipinski definition) is 8. The Labute approximate surface area is 171 Å². The predicted octanol–water partition coefficient (Wildman–Crippen LogP) is 0.710. The first-order valence-electron chi connectivity index (χ1n) is 9.70. The van der Waals surface area contributed by atoms with Crippen LogP contribution in [0.15, 0.2) is 24.7 Å². The van der Waals surface area contributed by atoms with Crippen molar-refractivity contribution in [1.82, 2.24) is 44.1 Å². The van der Waals surface area contributed by atoms with Crippen molar-refractivity contribution in [2.75, 3.05) is 13.7 Å². The third-order valence-electron chi connectivity index (χ3n) is 5.43. The van der Waals surface area contributed by atoms with Crippen LogP contribution in [0.5, 0.6) is 0 Å². The van der Waals surface area contributed by atoms with Crippen molar-refractivity contribution in [3.8, 4) is 0 Å². The van der Waals surface area contributed by atoms with Crippen LogP contribution in [0.3, 0.4) is 0 Å². The second-order valence-electron chi connectivity index (χ2n) is 7.47. The maximum Gasteiger partial charge on any atom is 0.252 e. The van der Waals surface area contributed by atoms with Gasteiger partial charge < -0.3 is 9.64 Å². The van der Waals surface area contributed by atoms with Gasteiger partial charge in [-0.15, -0.1) is 15.3 Å². The number of amides is 1. The van der Waals surface area contributed by atoms with E-state index in [1.165, 1.54) is 0 Å². The van der Waals surface area contributed by atoms with E-state index in [2.05, 4.69) is 30.2 Å². The van der Waals surface area contributed by atoms with E-state index in [1.54, 1.807) is 35.1 Å². The Hall–Kier alpha value is -3.47. The normalized spacial score (nSPS) is 19.2. The summed E-state index contributed by atoms with van der Waals surface area (Å²) in [5.74, 6) is 1.54. The number of fused-ring (bicyclic) bond motifs is 2. The van der Waals surface area contributed by atoms with E-state index in [0.29, 0.717) is 36.0 Å². The van der Waals surface area contributed by atoms with Crippen molar-refractivity contribution in [1.29, 1.82) is 0 Å². The Kier molecular flexibility index (Phi) is 4.39. The number of aromatic nitrogens is 8. The Morgan fingerprint density at radius 2 is 2.13 bits per heavy atom. The number of ether oxygens (including phenoxy) is 1. The van der Waals surface area contributed by atoms with Crippen molar-refractivity contribution >= 4 is 17.3 Å². The molecule has 0 radical (unpaired) electrons. The van der Waals surface area contributed by atoms with Gasteiger partial charge in [-0.3, -0.25) is 14.2 Å². The molecule has 1 fully saturated rings. The molecule has 11 heteroatoms. The fourth-order valence-electron chi connectivity index (χ4n) is 4.01. The van der Waals surface area contributed by atoms with E-state index in [-0.39, 0.29) is 24.5 Å². The molecule has 5 heterocycles. The lowest BCUT2D eigenvalue weighted by Gasteiger charge is -2.22. The first-order valence-corrected chi connectivity index (χ1v) is 9.70. The van der Waals surface area contributed by atoms with Crippen molar-refractivity contribution in [2.45, 2.75) is 38.8 Å². The van der Waals surface area contributed by atoms with Crippen LogP contribution < -0.4 is 0 Å². The van der Waals surface area contributed by atoms with Gasteiger partial charge in [-0.05, 0) is 19.9 Å². The van der Waals surface area contributed by atoms with Gasteiger partial charge in [0.05, 0.1) is 24.8 Å². The van der Waals surface area contributed by atoms with Crippen molar-refractivity contribution in [3.63, 3.8) is 0 Å². The number of hydrogen-bond donors (Lipinski definition) is 0. The van der Waals surface area contributed by atoms with Crippen molar-refractivity contribution in [2.24, 2.45) is 0 Å². The monoisotopic (exact) mass is 407 g/mol. The van der Waals surface area contributed by atoms with Crippen LogP contribution in [0, 0.1) is 13.8 Å². The van der Waals surface area contributed by atoms with Crippen LogP contribution in [0.25, 0.3) is 11.4 Å². The van der Waals surface area contributed by atoms with E-state index < -0.39 is 0 Å². The molecule has 154 valence electrons. The topological polar surface area (TPSA) is 116 Å². The largest absolute Gasteiger partial charge is 0.380 e. The Balaban J connectivity index is 1.45. The Morgan fingerprint density at radius 1 is 1.27 bits per heavy atom. The van der Waals surface area contributed by atoms with E-state index in [0.717, 1.165) is 11.4 Å². The Morgan fingerprint density at radius 3 is 2.97 bits per heavy atom. The van der Waals surface area contributed by atoms with Crippen LogP contribution in [0.4, 0.5) is 0 Å². The maximum atomic E-state index is 13.2. The summed E-state index contributed by atoms with van der Waals surface area (Å²) in [6, 6.07) is 1.68. The molecule has 11 nitrogen and oxygen atoms in total. The number of aryl methyl sites for hydroxylation is 2. The van der Waals surface area contributed by atoms with Gasteiger partial charge in [-0.25, -0.2) is 9.50 Å². The molecule has 5 rings (SSSR count). The standard InChI is InChI=1S/C19H21N9O2/c1-11-6-12(2)28-19(21-11)22-15(25-28)8-17(29)27-10-13(30-3)7-14(27)18-24-23-16-9-20-4-5-26(16)18/h4-6,9,13-14H,7-8,10H2,1-3H3/t13-,14+/m1/s1. The minimum atomic E-state index is -0.251.